The van der Waals surface area contributed by atoms with E-state index in [2.05, 4.69) is 5.32 Å². The van der Waals surface area contributed by atoms with Crippen LogP contribution in [0.15, 0.2) is 42.5 Å². The predicted octanol–water partition coefficient (Wildman–Crippen LogP) is 3.66. The van der Waals surface area contributed by atoms with Crippen LogP contribution in [0.3, 0.4) is 0 Å². The van der Waals surface area contributed by atoms with Crippen LogP contribution in [0.1, 0.15) is 34.3 Å². The molecule has 2 aromatic rings. The number of methoxy groups -OCH3 is 1. The number of amides is 1. The average molecular weight is 327 g/mol. The van der Waals surface area contributed by atoms with Crippen LogP contribution in [-0.2, 0) is 11.2 Å². The van der Waals surface area contributed by atoms with Gasteiger partial charge in [0.15, 0.2) is 0 Å². The number of carbonyl (C=O) groups excluding carboxylic acids is 1. The Morgan fingerprint density at radius 1 is 1.17 bits per heavy atom. The highest BCUT2D eigenvalue weighted by Gasteiger charge is 2.07. The van der Waals surface area contributed by atoms with Crippen LogP contribution in [0.25, 0.3) is 0 Å². The van der Waals surface area contributed by atoms with E-state index in [-0.39, 0.29) is 11.5 Å². The number of hydrogen-bond acceptors (Lipinski definition) is 3. The molecule has 5 nitrogen and oxygen atoms in total. The molecule has 2 rings (SSSR count). The van der Waals surface area contributed by atoms with Crippen molar-refractivity contribution in [1.29, 1.82) is 0 Å². The number of anilines is 1. The number of carboxylic acid groups (broad SMARTS) is 1. The fraction of sp³-hybridized carbons (Fsp3) is 0.263. The number of benzene rings is 2. The summed E-state index contributed by atoms with van der Waals surface area (Å²) in [4.78, 5) is 22.9. The molecule has 0 saturated heterocycles. The Labute approximate surface area is 141 Å². The van der Waals surface area contributed by atoms with Crippen molar-refractivity contribution >= 4 is 17.6 Å². The van der Waals surface area contributed by atoms with Crippen molar-refractivity contribution < 1.29 is 19.4 Å². The molecule has 24 heavy (non-hydrogen) atoms. The van der Waals surface area contributed by atoms with Gasteiger partial charge in [-0.05, 0) is 61.2 Å². The molecule has 126 valence electrons. The highest BCUT2D eigenvalue weighted by Crippen LogP contribution is 2.19. The van der Waals surface area contributed by atoms with Gasteiger partial charge in [0.2, 0.25) is 5.91 Å². The van der Waals surface area contributed by atoms with Crippen LogP contribution >= 0.6 is 0 Å². The minimum Gasteiger partial charge on any atom is -0.497 e. The highest BCUT2D eigenvalue weighted by atomic mass is 16.5. The summed E-state index contributed by atoms with van der Waals surface area (Å²) < 4.78 is 5.18. The van der Waals surface area contributed by atoms with Crippen LogP contribution in [0.5, 0.6) is 5.75 Å². The Bertz CT molecular complexity index is 740. The first kappa shape index (κ1) is 17.5. The fourth-order valence-corrected chi connectivity index (χ4v) is 2.47. The lowest BCUT2D eigenvalue weighted by Crippen LogP contribution is -2.12. The number of carbonyl (C=O) groups is 2. The predicted molar refractivity (Wildman–Crippen MR) is 92.7 cm³/mol. The fourth-order valence-electron chi connectivity index (χ4n) is 2.47. The summed E-state index contributed by atoms with van der Waals surface area (Å²) in [6.45, 7) is 2.02. The average Bonchev–Trinajstić information content (AvgIpc) is 2.56. The van der Waals surface area contributed by atoms with Gasteiger partial charge in [-0.2, -0.15) is 0 Å². The maximum atomic E-state index is 12.0. The molecule has 5 heteroatoms. The third-order valence-electron chi connectivity index (χ3n) is 3.79. The number of nitrogens with one attached hydrogen (secondary N) is 1. The number of ether oxygens (including phenoxy) is 1. The minimum atomic E-state index is -1.01. The molecule has 0 aromatic heterocycles. The van der Waals surface area contributed by atoms with Crippen molar-refractivity contribution in [2.24, 2.45) is 0 Å². The van der Waals surface area contributed by atoms with E-state index < -0.39 is 5.97 Å². The van der Waals surface area contributed by atoms with Gasteiger partial charge in [-0.25, -0.2) is 4.79 Å². The van der Waals surface area contributed by atoms with Crippen LogP contribution in [0.4, 0.5) is 5.69 Å². The van der Waals surface area contributed by atoms with Gasteiger partial charge in [-0.15, -0.1) is 0 Å². The van der Waals surface area contributed by atoms with Gasteiger partial charge in [0.1, 0.15) is 5.75 Å². The highest BCUT2D eigenvalue weighted by molar-refractivity contribution is 5.93. The van der Waals surface area contributed by atoms with Crippen LogP contribution < -0.4 is 10.1 Å². The van der Waals surface area contributed by atoms with Gasteiger partial charge in [0, 0.05) is 12.1 Å². The Balaban J connectivity index is 1.85. The third-order valence-corrected chi connectivity index (χ3v) is 3.79. The second-order valence-electron chi connectivity index (χ2n) is 5.58. The largest absolute Gasteiger partial charge is 0.497 e. The molecule has 0 heterocycles. The first-order valence-electron chi connectivity index (χ1n) is 7.76. The van der Waals surface area contributed by atoms with E-state index in [1.165, 1.54) is 17.7 Å². The van der Waals surface area contributed by atoms with E-state index >= 15 is 0 Å². The van der Waals surface area contributed by atoms with Crippen LogP contribution in [0.2, 0.25) is 0 Å². The zero-order chi connectivity index (χ0) is 17.5. The lowest BCUT2D eigenvalue weighted by atomic mass is 10.0. The molecule has 1 amide bonds. The van der Waals surface area contributed by atoms with Crippen LogP contribution in [-0.4, -0.2) is 24.1 Å². The quantitative estimate of drug-likeness (QED) is 0.813. The molecule has 0 aliphatic carbocycles. The molecule has 0 aliphatic heterocycles. The Morgan fingerprint density at radius 3 is 2.62 bits per heavy atom. The molecular weight excluding hydrogens is 306 g/mol. The lowest BCUT2D eigenvalue weighted by molar-refractivity contribution is -0.116. The molecule has 0 atom stereocenters. The van der Waals surface area contributed by atoms with Gasteiger partial charge in [0.25, 0.3) is 0 Å². The van der Waals surface area contributed by atoms with Gasteiger partial charge >= 0.3 is 5.97 Å². The van der Waals surface area contributed by atoms with E-state index in [9.17, 15) is 9.59 Å². The Kier molecular flexibility index (Phi) is 5.95. The molecule has 0 spiro atoms. The van der Waals surface area contributed by atoms with E-state index in [1.54, 1.807) is 19.2 Å². The summed E-state index contributed by atoms with van der Waals surface area (Å²) in [5.74, 6) is -0.308. The molecule has 0 bridgehead atoms. The maximum absolute atomic E-state index is 12.0. The molecule has 0 unspecified atom stereocenters. The standard InChI is InChI=1S/C19H21NO4/c1-13-11-17(24-2)10-9-14(13)5-4-8-18(21)20-16-7-3-6-15(12-16)19(22)23/h3,6-7,9-12H,4-5,8H2,1-2H3,(H,20,21)(H,22,23). The van der Waals surface area contributed by atoms with E-state index in [0.717, 1.165) is 24.2 Å². The molecule has 0 radical (unpaired) electrons. The Hall–Kier alpha value is -2.82. The lowest BCUT2D eigenvalue weighted by Gasteiger charge is -2.09. The van der Waals surface area contributed by atoms with Crippen molar-refractivity contribution in [3.05, 3.63) is 59.2 Å². The summed E-state index contributed by atoms with van der Waals surface area (Å²) in [6.07, 6.45) is 1.90. The van der Waals surface area contributed by atoms with Crippen LogP contribution in [0, 0.1) is 6.92 Å². The third kappa shape index (κ3) is 4.84. The molecular formula is C19H21NO4. The van der Waals surface area contributed by atoms with E-state index in [4.69, 9.17) is 9.84 Å². The normalized spacial score (nSPS) is 10.2. The van der Waals surface area contributed by atoms with Crippen molar-refractivity contribution in [1.82, 2.24) is 0 Å². The number of carboxylic acids is 1. The summed E-state index contributed by atoms with van der Waals surface area (Å²) in [5.41, 5.74) is 2.99. The molecule has 2 aromatic carbocycles. The number of rotatable bonds is 7. The first-order chi connectivity index (χ1) is 11.5. The van der Waals surface area contributed by atoms with E-state index in [1.807, 2.05) is 25.1 Å². The summed E-state index contributed by atoms with van der Waals surface area (Å²) in [7, 11) is 1.64. The van der Waals surface area contributed by atoms with Crippen molar-refractivity contribution in [3.63, 3.8) is 0 Å². The zero-order valence-electron chi connectivity index (χ0n) is 13.8. The van der Waals surface area contributed by atoms with Gasteiger partial charge in [-0.1, -0.05) is 12.1 Å². The monoisotopic (exact) mass is 327 g/mol. The van der Waals surface area contributed by atoms with Crippen molar-refractivity contribution in [3.8, 4) is 5.75 Å². The van der Waals surface area contributed by atoms with Gasteiger partial charge in [-0.3, -0.25) is 4.79 Å². The Morgan fingerprint density at radius 2 is 1.96 bits per heavy atom. The second-order valence-corrected chi connectivity index (χ2v) is 5.58. The van der Waals surface area contributed by atoms with Crippen molar-refractivity contribution in [2.45, 2.75) is 26.2 Å². The second kappa shape index (κ2) is 8.15. The molecule has 2 N–H and O–H groups in total. The summed E-state index contributed by atoms with van der Waals surface area (Å²) in [6, 6.07) is 12.1. The zero-order valence-corrected chi connectivity index (χ0v) is 13.8. The molecule has 0 fully saturated rings. The van der Waals surface area contributed by atoms with Gasteiger partial charge in [0.05, 0.1) is 12.7 Å². The van der Waals surface area contributed by atoms with Gasteiger partial charge < -0.3 is 15.2 Å². The smallest absolute Gasteiger partial charge is 0.335 e. The minimum absolute atomic E-state index is 0.122. The summed E-state index contributed by atoms with van der Waals surface area (Å²) in [5, 5.41) is 11.7. The SMILES string of the molecule is COc1ccc(CCCC(=O)Nc2cccc(C(=O)O)c2)c(C)c1. The maximum Gasteiger partial charge on any atom is 0.335 e. The number of aryl methyl sites for hydroxylation is 2. The summed E-state index contributed by atoms with van der Waals surface area (Å²) >= 11 is 0. The molecule has 0 saturated carbocycles. The topological polar surface area (TPSA) is 75.6 Å². The van der Waals surface area contributed by atoms with E-state index in [0.29, 0.717) is 12.1 Å². The molecule has 0 aliphatic rings. The van der Waals surface area contributed by atoms with Crippen molar-refractivity contribution in [2.75, 3.05) is 12.4 Å². The first-order valence-corrected chi connectivity index (χ1v) is 7.76. The number of aromatic carboxylic acids is 1. The number of hydrogen-bond donors (Lipinski definition) is 2.